The number of nitrogens with zero attached hydrogens (tertiary/aromatic N) is 1. The van der Waals surface area contributed by atoms with Crippen LogP contribution in [0.2, 0.25) is 10.0 Å². The van der Waals surface area contributed by atoms with Gasteiger partial charge in [-0.05, 0) is 43.0 Å². The van der Waals surface area contributed by atoms with Gasteiger partial charge in [0.15, 0.2) is 5.13 Å². The van der Waals surface area contributed by atoms with Crippen molar-refractivity contribution in [2.75, 3.05) is 19.0 Å². The van der Waals surface area contributed by atoms with Gasteiger partial charge in [-0.1, -0.05) is 49.2 Å². The number of carboxylic acid groups (broad SMARTS) is 1. The highest BCUT2D eigenvalue weighted by Gasteiger charge is 2.18. The number of carbonyl (C=O) groups excluding carboxylic acids is 1. The van der Waals surface area contributed by atoms with Crippen molar-refractivity contribution in [3.05, 3.63) is 74.0 Å². The molecule has 0 aliphatic heterocycles. The van der Waals surface area contributed by atoms with Gasteiger partial charge in [0.25, 0.3) is 5.91 Å². The number of carboxylic acids is 1. The van der Waals surface area contributed by atoms with E-state index in [9.17, 15) is 9.59 Å². The molecule has 2 N–H and O–H groups in total. The first-order chi connectivity index (χ1) is 18.1. The number of aromatic nitrogens is 1. The van der Waals surface area contributed by atoms with Crippen LogP contribution in [0.3, 0.4) is 0 Å². The molecule has 1 aromatic heterocycles. The normalized spacial score (nSPS) is 11.6. The monoisotopic (exact) mass is 580 g/mol. The minimum absolute atomic E-state index is 0.0589. The van der Waals surface area contributed by atoms with Gasteiger partial charge in [0, 0.05) is 34.2 Å². The number of aliphatic carboxylic acids is 1. The number of carbonyl (C=O) groups is 2. The molecule has 0 aliphatic rings. The van der Waals surface area contributed by atoms with E-state index in [2.05, 4.69) is 24.1 Å². The van der Waals surface area contributed by atoms with Crippen LogP contribution in [0.1, 0.15) is 48.2 Å². The minimum Gasteiger partial charge on any atom is -0.490 e. The van der Waals surface area contributed by atoms with E-state index in [0.29, 0.717) is 29.3 Å². The van der Waals surface area contributed by atoms with E-state index in [1.54, 1.807) is 23.6 Å². The summed E-state index contributed by atoms with van der Waals surface area (Å²) < 4.78 is 25.6. The fourth-order valence-electron chi connectivity index (χ4n) is 3.48. The molecule has 0 saturated heterocycles. The summed E-state index contributed by atoms with van der Waals surface area (Å²) in [5.74, 6) is -2.03. The highest BCUT2D eigenvalue weighted by molar-refractivity contribution is 7.14. The molecular weight excluding hydrogens is 554 g/mol. The lowest BCUT2D eigenvalue weighted by Crippen LogP contribution is -2.12. The maximum Gasteiger partial charge on any atom is 0.371 e. The Bertz CT molecular complexity index is 1320. The van der Waals surface area contributed by atoms with Crippen LogP contribution in [-0.2, 0) is 20.9 Å². The van der Waals surface area contributed by atoms with Gasteiger partial charge in [0.2, 0.25) is 5.76 Å². The molecule has 3 aromatic rings. The molecule has 0 aliphatic carbocycles. The van der Waals surface area contributed by atoms with Gasteiger partial charge in [-0.2, -0.15) is 0 Å². The summed E-state index contributed by atoms with van der Waals surface area (Å²) in [4.78, 5) is 28.4. The fraction of sp³-hybridized carbons (Fsp3) is 0.296. The molecule has 0 fully saturated rings. The van der Waals surface area contributed by atoms with E-state index in [-0.39, 0.29) is 38.7 Å². The van der Waals surface area contributed by atoms with Crippen molar-refractivity contribution in [3.8, 4) is 11.3 Å². The molecule has 7 nitrogen and oxygen atoms in total. The highest BCUT2D eigenvalue weighted by Crippen LogP contribution is 2.31. The second-order valence-electron chi connectivity index (χ2n) is 8.73. The van der Waals surface area contributed by atoms with Crippen LogP contribution in [0.5, 0.6) is 0 Å². The molecule has 1 amide bonds. The molecule has 0 atom stereocenters. The number of nitrogens with one attached hydrogen (secondary N) is 1. The number of ether oxygens (including phenoxy) is 2. The largest absolute Gasteiger partial charge is 0.490 e. The molecule has 0 unspecified atom stereocenters. The summed E-state index contributed by atoms with van der Waals surface area (Å²) in [6.45, 7) is 5.02. The number of hydrogen-bond donors (Lipinski definition) is 2. The number of thiazole rings is 1. The van der Waals surface area contributed by atoms with Crippen LogP contribution in [0.25, 0.3) is 17.3 Å². The Morgan fingerprint density at radius 3 is 2.58 bits per heavy atom. The van der Waals surface area contributed by atoms with Crippen molar-refractivity contribution in [2.24, 2.45) is 5.92 Å². The Morgan fingerprint density at radius 1 is 1.24 bits per heavy atom. The van der Waals surface area contributed by atoms with Crippen LogP contribution in [-0.4, -0.2) is 35.7 Å². The van der Waals surface area contributed by atoms with Gasteiger partial charge in [-0.3, -0.25) is 10.1 Å². The van der Waals surface area contributed by atoms with Crippen molar-refractivity contribution >= 4 is 57.6 Å². The van der Waals surface area contributed by atoms with Crippen molar-refractivity contribution in [3.63, 3.8) is 0 Å². The van der Waals surface area contributed by atoms with Crippen LogP contribution in [0.15, 0.2) is 41.5 Å². The summed E-state index contributed by atoms with van der Waals surface area (Å²) in [5, 5.41) is 13.8. The van der Waals surface area contributed by atoms with Gasteiger partial charge in [0.05, 0.1) is 29.5 Å². The number of benzene rings is 2. The zero-order valence-corrected chi connectivity index (χ0v) is 23.3. The predicted molar refractivity (Wildman–Crippen MR) is 148 cm³/mol. The van der Waals surface area contributed by atoms with Crippen LogP contribution < -0.4 is 5.32 Å². The number of hydrogen-bond acceptors (Lipinski definition) is 6. The smallest absolute Gasteiger partial charge is 0.371 e. The van der Waals surface area contributed by atoms with E-state index < -0.39 is 17.7 Å². The van der Waals surface area contributed by atoms with Crippen molar-refractivity contribution in [1.29, 1.82) is 0 Å². The lowest BCUT2D eigenvalue weighted by molar-refractivity contribution is -0.135. The topological polar surface area (TPSA) is 97.8 Å². The van der Waals surface area contributed by atoms with E-state index >= 15 is 4.39 Å². The van der Waals surface area contributed by atoms with Gasteiger partial charge in [-0.25, -0.2) is 14.2 Å². The first-order valence-electron chi connectivity index (χ1n) is 11.7. The maximum atomic E-state index is 15.1. The average Bonchev–Trinajstić information content (AvgIpc) is 3.32. The fourth-order valence-corrected chi connectivity index (χ4v) is 4.78. The molecule has 1 heterocycles. The minimum atomic E-state index is -1.29. The molecule has 38 heavy (non-hydrogen) atoms. The number of methoxy groups -OCH3 is 1. The number of rotatable bonds is 12. The predicted octanol–water partition coefficient (Wildman–Crippen LogP) is 7.53. The number of anilines is 1. The standard InChI is InChI=1S/C27H27Cl2FN2O5S/c1-15(2)6-5-9-37-13-16-7-4-8-18(24(16)30)22-14-38-27(31-22)32-25(33)17-10-20(28)19(21(29)11-17)12-23(36-3)26(34)35/h4,7-8,10-12,14-15H,5-6,9,13H2,1-3H3,(H,34,35)(H,31,32,33). The van der Waals surface area contributed by atoms with Crippen LogP contribution in [0, 0.1) is 11.7 Å². The van der Waals surface area contributed by atoms with E-state index in [0.717, 1.165) is 24.2 Å². The molecule has 0 radical (unpaired) electrons. The molecule has 0 spiro atoms. The Labute approximate surface area is 234 Å². The Balaban J connectivity index is 1.72. The van der Waals surface area contributed by atoms with Crippen LogP contribution in [0.4, 0.5) is 9.52 Å². The van der Waals surface area contributed by atoms with Gasteiger partial charge >= 0.3 is 5.97 Å². The highest BCUT2D eigenvalue weighted by atomic mass is 35.5. The second kappa shape index (κ2) is 13.7. The van der Waals surface area contributed by atoms with Gasteiger partial charge in [-0.15, -0.1) is 11.3 Å². The first kappa shape index (κ1) is 29.6. The Morgan fingerprint density at radius 2 is 1.95 bits per heavy atom. The number of amides is 1. The molecule has 3 rings (SSSR count). The second-order valence-corrected chi connectivity index (χ2v) is 10.4. The van der Waals surface area contributed by atoms with E-state index in [1.807, 2.05) is 0 Å². The van der Waals surface area contributed by atoms with Gasteiger partial charge < -0.3 is 14.6 Å². The Kier molecular flexibility index (Phi) is 10.7. The molecule has 202 valence electrons. The Hall–Kier alpha value is -2.98. The average molecular weight is 581 g/mol. The van der Waals surface area contributed by atoms with Crippen molar-refractivity contribution in [1.82, 2.24) is 4.98 Å². The lowest BCUT2D eigenvalue weighted by atomic mass is 10.1. The maximum absolute atomic E-state index is 15.1. The molecule has 2 aromatic carbocycles. The molecular formula is C27H27Cl2FN2O5S. The quantitative estimate of drug-likeness (QED) is 0.130. The molecule has 0 bridgehead atoms. The van der Waals surface area contributed by atoms with Crippen molar-refractivity contribution < 1.29 is 28.6 Å². The lowest BCUT2D eigenvalue weighted by Gasteiger charge is -2.09. The first-order valence-corrected chi connectivity index (χ1v) is 13.3. The van der Waals surface area contributed by atoms with E-state index in [4.69, 9.17) is 37.8 Å². The third-order valence-electron chi connectivity index (χ3n) is 5.45. The van der Waals surface area contributed by atoms with Gasteiger partial charge in [0.1, 0.15) is 5.82 Å². The molecule has 0 saturated carbocycles. The summed E-state index contributed by atoms with van der Waals surface area (Å²) in [5.41, 5.74) is 1.44. The summed E-state index contributed by atoms with van der Waals surface area (Å²) in [7, 11) is 1.21. The van der Waals surface area contributed by atoms with Crippen molar-refractivity contribution in [2.45, 2.75) is 33.3 Å². The summed E-state index contributed by atoms with van der Waals surface area (Å²) in [6.07, 6.45) is 3.14. The molecule has 11 heteroatoms. The zero-order chi connectivity index (χ0) is 27.8. The van der Waals surface area contributed by atoms with Crippen LogP contribution >= 0.6 is 34.5 Å². The third-order valence-corrected chi connectivity index (χ3v) is 6.84. The summed E-state index contributed by atoms with van der Waals surface area (Å²) in [6, 6.07) is 7.73. The SMILES string of the molecule is COC(=Cc1c(Cl)cc(C(=O)Nc2nc(-c3cccc(COCCCC(C)C)c3F)cs2)cc1Cl)C(=O)O. The number of halogens is 3. The summed E-state index contributed by atoms with van der Waals surface area (Å²) >= 11 is 13.6. The van der Waals surface area contributed by atoms with E-state index in [1.165, 1.54) is 25.3 Å². The third kappa shape index (κ3) is 7.77. The zero-order valence-electron chi connectivity index (χ0n) is 21.0.